The number of nitrogens with two attached hydrogens (primary N) is 1. The molecule has 2 amide bonds. The number of carbonyl (C=O) groups is 2. The van der Waals surface area contributed by atoms with Gasteiger partial charge in [-0.25, -0.2) is 4.79 Å². The Bertz CT molecular complexity index is 1500. The van der Waals surface area contributed by atoms with Gasteiger partial charge in [0, 0.05) is 44.7 Å². The minimum absolute atomic E-state index is 0.00621. The van der Waals surface area contributed by atoms with Gasteiger partial charge in [-0.05, 0) is 94.3 Å². The van der Waals surface area contributed by atoms with Gasteiger partial charge in [0.25, 0.3) is 0 Å². The number of likely N-dealkylation sites (tertiary alicyclic amines) is 3. The Balaban J connectivity index is 1.13. The van der Waals surface area contributed by atoms with Crippen molar-refractivity contribution in [1.82, 2.24) is 24.3 Å². The summed E-state index contributed by atoms with van der Waals surface area (Å²) in [6, 6.07) is 12.1. The zero-order valence-electron chi connectivity index (χ0n) is 25.1. The molecule has 2 aromatic carbocycles. The first kappa shape index (κ1) is 29.8. The Morgan fingerprint density at radius 3 is 2.30 bits per heavy atom. The van der Waals surface area contributed by atoms with Crippen molar-refractivity contribution in [2.45, 2.75) is 70.4 Å². The van der Waals surface area contributed by atoms with Crippen LogP contribution in [0.25, 0.3) is 11.0 Å². The number of fused-ring (bicyclic) bond motifs is 1. The third-order valence-corrected chi connectivity index (χ3v) is 10.2. The van der Waals surface area contributed by atoms with E-state index in [1.54, 1.807) is 0 Å². The molecule has 3 saturated heterocycles. The summed E-state index contributed by atoms with van der Waals surface area (Å²) in [4.78, 5) is 49.8. The maximum absolute atomic E-state index is 14.0. The molecule has 3 fully saturated rings. The molecule has 3 aromatic rings. The normalized spacial score (nSPS) is 19.8. The number of imidazole rings is 1. The summed E-state index contributed by atoms with van der Waals surface area (Å²) < 4.78 is 1.84. The van der Waals surface area contributed by atoms with Crippen LogP contribution >= 0.6 is 11.6 Å². The quantitative estimate of drug-likeness (QED) is 0.388. The van der Waals surface area contributed by atoms with Crippen LogP contribution in [0, 0.1) is 12.8 Å². The highest BCUT2D eigenvalue weighted by molar-refractivity contribution is 6.33. The highest BCUT2D eigenvalue weighted by Crippen LogP contribution is 2.30. The lowest BCUT2D eigenvalue weighted by molar-refractivity contribution is -0.143. The third-order valence-electron chi connectivity index (χ3n) is 9.89. The van der Waals surface area contributed by atoms with E-state index < -0.39 is 5.92 Å². The number of aryl methyl sites for hydroxylation is 1. The molecule has 230 valence electrons. The standard InChI is InChI=1S/C33H43ClN6O3/c1-22-18-23(20-27(34)31(22)35)19-24(32(42)39-16-8-25(9-17-39)37-12-4-5-13-37)21-30(41)38-14-10-26(11-15-38)40-29-7-3-2-6-28(29)36-33(40)43/h2-3,6-7,18,20,24-26H,4-5,8-17,19,21,35H2,1H3,(H,36,43)/t24-/m0/s1. The van der Waals surface area contributed by atoms with Gasteiger partial charge in [-0.2, -0.15) is 0 Å². The Kier molecular flexibility index (Phi) is 8.82. The molecule has 4 heterocycles. The molecule has 1 aromatic heterocycles. The predicted molar refractivity (Wildman–Crippen MR) is 170 cm³/mol. The molecule has 43 heavy (non-hydrogen) atoms. The second kappa shape index (κ2) is 12.7. The van der Waals surface area contributed by atoms with Crippen LogP contribution in [0.3, 0.4) is 0 Å². The van der Waals surface area contributed by atoms with Gasteiger partial charge < -0.3 is 25.4 Å². The fourth-order valence-corrected chi connectivity index (χ4v) is 7.73. The van der Waals surface area contributed by atoms with Gasteiger partial charge >= 0.3 is 5.69 Å². The number of carbonyl (C=O) groups excluding carboxylic acids is 2. The van der Waals surface area contributed by atoms with E-state index in [4.69, 9.17) is 17.3 Å². The second-order valence-corrected chi connectivity index (χ2v) is 13.0. The van der Waals surface area contributed by atoms with Crippen molar-refractivity contribution in [3.05, 3.63) is 63.0 Å². The van der Waals surface area contributed by atoms with Crippen molar-refractivity contribution in [3.8, 4) is 0 Å². The summed E-state index contributed by atoms with van der Waals surface area (Å²) in [5.74, 6) is -0.420. The number of piperidine rings is 2. The molecule has 0 unspecified atom stereocenters. The number of nitrogens with one attached hydrogen (secondary N) is 1. The molecule has 1 atom stereocenters. The first-order valence-electron chi connectivity index (χ1n) is 15.8. The van der Waals surface area contributed by atoms with Gasteiger partial charge in [0.1, 0.15) is 0 Å². The number of amides is 2. The molecule has 6 rings (SSSR count). The van der Waals surface area contributed by atoms with E-state index in [0.717, 1.165) is 48.1 Å². The summed E-state index contributed by atoms with van der Waals surface area (Å²) in [6.07, 6.45) is 6.50. The number of para-hydroxylation sites is 2. The summed E-state index contributed by atoms with van der Waals surface area (Å²) in [5.41, 5.74) is 10.1. The van der Waals surface area contributed by atoms with Crippen LogP contribution in [0.1, 0.15) is 62.1 Å². The number of hydrogen-bond donors (Lipinski definition) is 2. The van der Waals surface area contributed by atoms with E-state index in [-0.39, 0.29) is 30.0 Å². The van der Waals surface area contributed by atoms with Crippen molar-refractivity contribution in [3.63, 3.8) is 0 Å². The number of anilines is 1. The molecular formula is C33H43ClN6O3. The zero-order chi connectivity index (χ0) is 30.1. The van der Waals surface area contributed by atoms with Crippen molar-refractivity contribution >= 4 is 40.1 Å². The number of H-pyrrole nitrogens is 1. The SMILES string of the molecule is Cc1cc(C[C@@H](CC(=O)N2CCC(n3c(=O)[nH]c4ccccc43)CC2)C(=O)N2CCC(N3CCCC3)CC2)cc(Cl)c1N. The van der Waals surface area contributed by atoms with Gasteiger partial charge in [0.05, 0.1) is 27.7 Å². The van der Waals surface area contributed by atoms with E-state index in [1.165, 1.54) is 25.9 Å². The number of hydrogen-bond acceptors (Lipinski definition) is 5. The molecule has 9 nitrogen and oxygen atoms in total. The van der Waals surface area contributed by atoms with E-state index in [0.29, 0.717) is 49.1 Å². The van der Waals surface area contributed by atoms with Gasteiger partial charge in [-0.1, -0.05) is 29.8 Å². The summed E-state index contributed by atoms with van der Waals surface area (Å²) in [5, 5.41) is 0.480. The minimum atomic E-state index is -0.469. The molecule has 0 saturated carbocycles. The molecule has 3 aliphatic heterocycles. The fourth-order valence-electron chi connectivity index (χ4n) is 7.44. The van der Waals surface area contributed by atoms with E-state index in [1.807, 2.05) is 57.7 Å². The number of nitrogen functional groups attached to an aromatic ring is 1. The van der Waals surface area contributed by atoms with Gasteiger partial charge in [0.2, 0.25) is 11.8 Å². The highest BCUT2D eigenvalue weighted by Gasteiger charge is 2.34. The zero-order valence-corrected chi connectivity index (χ0v) is 25.8. The van der Waals surface area contributed by atoms with Crippen molar-refractivity contribution in [2.24, 2.45) is 5.92 Å². The fraction of sp³-hybridized carbons (Fsp3) is 0.545. The average Bonchev–Trinajstić information content (AvgIpc) is 3.67. The second-order valence-electron chi connectivity index (χ2n) is 12.6. The van der Waals surface area contributed by atoms with Crippen LogP contribution in [-0.2, 0) is 16.0 Å². The molecule has 0 spiro atoms. The lowest BCUT2D eigenvalue weighted by Gasteiger charge is -2.38. The summed E-state index contributed by atoms with van der Waals surface area (Å²) in [6.45, 7) is 6.83. The lowest BCUT2D eigenvalue weighted by atomic mass is 9.91. The Hall–Kier alpha value is -3.30. The predicted octanol–water partition coefficient (Wildman–Crippen LogP) is 4.37. The average molecular weight is 607 g/mol. The maximum atomic E-state index is 14.0. The van der Waals surface area contributed by atoms with Crippen LogP contribution in [0.2, 0.25) is 5.02 Å². The molecule has 0 bridgehead atoms. The number of aromatic amines is 1. The summed E-state index contributed by atoms with van der Waals surface area (Å²) in [7, 11) is 0. The number of benzene rings is 2. The van der Waals surface area contributed by atoms with Gasteiger partial charge in [0.15, 0.2) is 0 Å². The first-order valence-corrected chi connectivity index (χ1v) is 16.2. The molecule has 3 aliphatic rings. The van der Waals surface area contributed by atoms with Crippen LogP contribution in [0.5, 0.6) is 0 Å². The van der Waals surface area contributed by atoms with Crippen LogP contribution in [0.4, 0.5) is 5.69 Å². The number of rotatable bonds is 7. The van der Waals surface area contributed by atoms with Crippen molar-refractivity contribution in [2.75, 3.05) is 45.0 Å². The number of aromatic nitrogens is 2. The number of nitrogens with zero attached hydrogens (tertiary/aromatic N) is 4. The van der Waals surface area contributed by atoms with E-state index in [2.05, 4.69) is 9.88 Å². The third kappa shape index (κ3) is 6.34. The highest BCUT2D eigenvalue weighted by atomic mass is 35.5. The van der Waals surface area contributed by atoms with Gasteiger partial charge in [-0.3, -0.25) is 14.2 Å². The topological polar surface area (TPSA) is 108 Å². The monoisotopic (exact) mass is 606 g/mol. The van der Waals surface area contributed by atoms with Crippen LogP contribution < -0.4 is 11.4 Å². The number of halogens is 1. The largest absolute Gasteiger partial charge is 0.397 e. The first-order chi connectivity index (χ1) is 20.8. The molecule has 0 aliphatic carbocycles. The molecule has 3 N–H and O–H groups in total. The van der Waals surface area contributed by atoms with Crippen LogP contribution in [0.15, 0.2) is 41.2 Å². The Morgan fingerprint density at radius 2 is 1.60 bits per heavy atom. The van der Waals surface area contributed by atoms with Crippen molar-refractivity contribution < 1.29 is 9.59 Å². The van der Waals surface area contributed by atoms with E-state index in [9.17, 15) is 14.4 Å². The van der Waals surface area contributed by atoms with Crippen molar-refractivity contribution in [1.29, 1.82) is 0 Å². The Labute approximate surface area is 257 Å². The summed E-state index contributed by atoms with van der Waals surface area (Å²) >= 11 is 6.41. The van der Waals surface area contributed by atoms with Gasteiger partial charge in [-0.15, -0.1) is 0 Å². The van der Waals surface area contributed by atoms with Crippen LogP contribution in [-0.4, -0.2) is 81.4 Å². The lowest BCUT2D eigenvalue weighted by Crippen LogP contribution is -2.48. The minimum Gasteiger partial charge on any atom is -0.397 e. The van der Waals surface area contributed by atoms with E-state index >= 15 is 0 Å². The smallest absolute Gasteiger partial charge is 0.326 e. The molecule has 10 heteroatoms. The Morgan fingerprint density at radius 1 is 0.953 bits per heavy atom. The maximum Gasteiger partial charge on any atom is 0.326 e. The molecular weight excluding hydrogens is 564 g/mol. The molecule has 0 radical (unpaired) electrons.